The fourth-order valence-electron chi connectivity index (χ4n) is 3.16. The third-order valence-corrected chi connectivity index (χ3v) is 4.71. The van der Waals surface area contributed by atoms with E-state index in [0.717, 1.165) is 16.5 Å². The summed E-state index contributed by atoms with van der Waals surface area (Å²) >= 11 is 0. The van der Waals surface area contributed by atoms with Crippen LogP contribution in [0.15, 0.2) is 53.3 Å². The van der Waals surface area contributed by atoms with E-state index in [-0.39, 0.29) is 16.5 Å². The molecular formula is C23H28N2O. The number of fused-ring (bicyclic) bond motifs is 1. The number of hydrogen-bond acceptors (Lipinski definition) is 2. The van der Waals surface area contributed by atoms with E-state index in [1.54, 1.807) is 4.68 Å². The molecule has 3 heteroatoms. The maximum atomic E-state index is 12.8. The minimum Gasteiger partial charge on any atom is -0.267 e. The van der Waals surface area contributed by atoms with Gasteiger partial charge in [-0.25, -0.2) is 4.68 Å². The van der Waals surface area contributed by atoms with Gasteiger partial charge in [0, 0.05) is 11.8 Å². The fourth-order valence-corrected chi connectivity index (χ4v) is 3.16. The van der Waals surface area contributed by atoms with Crippen LogP contribution in [0.2, 0.25) is 0 Å². The van der Waals surface area contributed by atoms with Crippen molar-refractivity contribution in [3.8, 4) is 0 Å². The Hall–Kier alpha value is -2.42. The average Bonchev–Trinajstić information content (AvgIpc) is 2.56. The first-order valence-corrected chi connectivity index (χ1v) is 9.18. The molecule has 1 heterocycles. The number of aromatic nitrogens is 2. The highest BCUT2D eigenvalue weighted by Gasteiger charge is 2.20. The van der Waals surface area contributed by atoms with Crippen LogP contribution in [0, 0.1) is 0 Å². The maximum Gasteiger partial charge on any atom is 0.275 e. The molecule has 26 heavy (non-hydrogen) atoms. The molecule has 136 valence electrons. The summed E-state index contributed by atoms with van der Waals surface area (Å²) in [7, 11) is 0. The Morgan fingerprint density at radius 3 is 1.96 bits per heavy atom. The number of benzene rings is 2. The molecule has 3 rings (SSSR count). The molecule has 0 saturated carbocycles. The van der Waals surface area contributed by atoms with Crippen molar-refractivity contribution < 1.29 is 0 Å². The van der Waals surface area contributed by atoms with Gasteiger partial charge in [0.1, 0.15) is 0 Å². The summed E-state index contributed by atoms with van der Waals surface area (Å²) in [6.45, 7) is 12.7. The van der Waals surface area contributed by atoms with Gasteiger partial charge in [-0.15, -0.1) is 0 Å². The Morgan fingerprint density at radius 1 is 0.846 bits per heavy atom. The SMILES string of the molecule is CC(C)(C)c1ccc(Cc2nn(C(C)(C)C)c(=O)c3ccccc23)cc1. The van der Waals surface area contributed by atoms with Gasteiger partial charge in [0.15, 0.2) is 0 Å². The van der Waals surface area contributed by atoms with Crippen molar-refractivity contribution in [2.75, 3.05) is 0 Å². The molecule has 3 nitrogen and oxygen atoms in total. The van der Waals surface area contributed by atoms with Crippen LogP contribution in [0.4, 0.5) is 0 Å². The second-order valence-electron chi connectivity index (χ2n) is 9.00. The number of rotatable bonds is 2. The molecule has 0 bridgehead atoms. The first-order chi connectivity index (χ1) is 12.1. The van der Waals surface area contributed by atoms with E-state index >= 15 is 0 Å². The molecule has 0 fully saturated rings. The van der Waals surface area contributed by atoms with Crippen molar-refractivity contribution in [2.45, 2.75) is 58.9 Å². The van der Waals surface area contributed by atoms with Crippen molar-refractivity contribution >= 4 is 10.8 Å². The van der Waals surface area contributed by atoms with E-state index in [2.05, 4.69) is 45.0 Å². The van der Waals surface area contributed by atoms with Gasteiger partial charge in [-0.2, -0.15) is 5.10 Å². The molecule has 2 aromatic carbocycles. The first-order valence-electron chi connectivity index (χ1n) is 9.18. The summed E-state index contributed by atoms with van der Waals surface area (Å²) in [4.78, 5) is 12.8. The lowest BCUT2D eigenvalue weighted by Gasteiger charge is -2.23. The Labute approximate surface area is 155 Å². The predicted octanol–water partition coefficient (Wildman–Crippen LogP) is 5.04. The summed E-state index contributed by atoms with van der Waals surface area (Å²) in [5, 5.41) is 6.42. The van der Waals surface area contributed by atoms with Gasteiger partial charge in [0.25, 0.3) is 5.56 Å². The minimum absolute atomic E-state index is 0.0278. The molecule has 1 aromatic heterocycles. The summed E-state index contributed by atoms with van der Waals surface area (Å²) < 4.78 is 1.62. The summed E-state index contributed by atoms with van der Waals surface area (Å²) in [5.74, 6) is 0. The van der Waals surface area contributed by atoms with Crippen LogP contribution in [0.1, 0.15) is 58.4 Å². The average molecular weight is 348 g/mol. The molecule has 0 aliphatic carbocycles. The van der Waals surface area contributed by atoms with Crippen LogP contribution in [0.3, 0.4) is 0 Å². The van der Waals surface area contributed by atoms with E-state index in [1.807, 2.05) is 45.0 Å². The normalized spacial score (nSPS) is 12.5. The van der Waals surface area contributed by atoms with Gasteiger partial charge < -0.3 is 0 Å². The van der Waals surface area contributed by atoms with Crippen LogP contribution < -0.4 is 5.56 Å². The Kier molecular flexibility index (Phi) is 4.51. The van der Waals surface area contributed by atoms with E-state index in [0.29, 0.717) is 6.42 Å². The lowest BCUT2D eigenvalue weighted by atomic mass is 9.86. The molecule has 0 atom stereocenters. The molecule has 0 spiro atoms. The standard InChI is InChI=1S/C23H28N2O/c1-22(2,3)17-13-11-16(12-14-17)15-20-18-9-7-8-10-19(18)21(26)25(24-20)23(4,5)6/h7-14H,15H2,1-6H3. The maximum absolute atomic E-state index is 12.8. The van der Waals surface area contributed by atoms with Crippen molar-refractivity contribution in [3.05, 3.63) is 75.7 Å². The van der Waals surface area contributed by atoms with Gasteiger partial charge in [0.05, 0.1) is 16.6 Å². The predicted molar refractivity (Wildman–Crippen MR) is 109 cm³/mol. The first kappa shape index (κ1) is 18.4. The highest BCUT2D eigenvalue weighted by atomic mass is 16.1. The summed E-state index contributed by atoms with van der Waals surface area (Å²) in [5.41, 5.74) is 3.22. The van der Waals surface area contributed by atoms with Crippen LogP contribution in [0.5, 0.6) is 0 Å². The monoisotopic (exact) mass is 348 g/mol. The van der Waals surface area contributed by atoms with E-state index in [1.165, 1.54) is 11.1 Å². The van der Waals surface area contributed by atoms with Crippen molar-refractivity contribution in [2.24, 2.45) is 0 Å². The molecule has 3 aromatic rings. The Morgan fingerprint density at radius 2 is 1.42 bits per heavy atom. The molecule has 0 N–H and O–H groups in total. The second kappa shape index (κ2) is 6.39. The van der Waals surface area contributed by atoms with Gasteiger partial charge >= 0.3 is 0 Å². The zero-order valence-electron chi connectivity index (χ0n) is 16.6. The minimum atomic E-state index is -0.355. The largest absolute Gasteiger partial charge is 0.275 e. The van der Waals surface area contributed by atoms with Crippen LogP contribution >= 0.6 is 0 Å². The topological polar surface area (TPSA) is 34.9 Å². The van der Waals surface area contributed by atoms with E-state index < -0.39 is 0 Å². The highest BCUT2D eigenvalue weighted by molar-refractivity contribution is 5.83. The molecule has 0 aliphatic heterocycles. The molecule has 0 radical (unpaired) electrons. The fraction of sp³-hybridized carbons (Fsp3) is 0.391. The van der Waals surface area contributed by atoms with Gasteiger partial charge in [-0.1, -0.05) is 63.2 Å². The number of hydrogen-bond donors (Lipinski definition) is 0. The zero-order valence-corrected chi connectivity index (χ0v) is 16.6. The van der Waals surface area contributed by atoms with Crippen molar-refractivity contribution in [1.29, 1.82) is 0 Å². The van der Waals surface area contributed by atoms with Crippen LogP contribution in [-0.2, 0) is 17.4 Å². The zero-order chi connectivity index (χ0) is 19.1. The second-order valence-corrected chi connectivity index (χ2v) is 9.00. The lowest BCUT2D eigenvalue weighted by molar-refractivity contribution is 0.337. The van der Waals surface area contributed by atoms with Gasteiger partial charge in [0.2, 0.25) is 0 Å². The smallest absolute Gasteiger partial charge is 0.267 e. The van der Waals surface area contributed by atoms with Gasteiger partial charge in [-0.05, 0) is 43.4 Å². The van der Waals surface area contributed by atoms with Crippen LogP contribution in [0.25, 0.3) is 10.8 Å². The Bertz CT molecular complexity index is 984. The van der Waals surface area contributed by atoms with Gasteiger partial charge in [-0.3, -0.25) is 4.79 Å². The highest BCUT2D eigenvalue weighted by Crippen LogP contribution is 2.24. The molecule has 0 amide bonds. The molecule has 0 saturated heterocycles. The lowest BCUT2D eigenvalue weighted by Crippen LogP contribution is -2.36. The Balaban J connectivity index is 2.10. The van der Waals surface area contributed by atoms with E-state index in [4.69, 9.17) is 5.10 Å². The third-order valence-electron chi connectivity index (χ3n) is 4.71. The summed E-state index contributed by atoms with van der Waals surface area (Å²) in [6, 6.07) is 16.5. The third kappa shape index (κ3) is 3.57. The van der Waals surface area contributed by atoms with E-state index in [9.17, 15) is 4.79 Å². The molecule has 0 unspecified atom stereocenters. The molecule has 0 aliphatic rings. The van der Waals surface area contributed by atoms with Crippen molar-refractivity contribution in [3.63, 3.8) is 0 Å². The molecular weight excluding hydrogens is 320 g/mol. The van der Waals surface area contributed by atoms with Crippen LogP contribution in [-0.4, -0.2) is 9.78 Å². The van der Waals surface area contributed by atoms with Crippen molar-refractivity contribution in [1.82, 2.24) is 9.78 Å². The quantitative estimate of drug-likeness (QED) is 0.650. The summed E-state index contributed by atoms with van der Waals surface area (Å²) in [6.07, 6.45) is 0.710. The number of nitrogens with zero attached hydrogens (tertiary/aromatic N) is 2.